The lowest BCUT2D eigenvalue weighted by molar-refractivity contribution is -0.274. The molecule has 12 heteroatoms. The van der Waals surface area contributed by atoms with E-state index in [2.05, 4.69) is 27.3 Å². The van der Waals surface area contributed by atoms with Gasteiger partial charge < -0.3 is 15.4 Å². The molecule has 1 aromatic heterocycles. The second kappa shape index (κ2) is 11.7. The molecule has 1 amide bonds. The summed E-state index contributed by atoms with van der Waals surface area (Å²) in [5.74, 6) is -1.50. The fourth-order valence-corrected chi connectivity index (χ4v) is 3.95. The molecule has 1 atom stereocenters. The number of rotatable bonds is 11. The van der Waals surface area contributed by atoms with Crippen molar-refractivity contribution in [3.63, 3.8) is 0 Å². The summed E-state index contributed by atoms with van der Waals surface area (Å²) in [4.78, 5) is 15.6. The lowest BCUT2D eigenvalue weighted by Crippen LogP contribution is -2.28. The first-order valence-electron chi connectivity index (χ1n) is 10.3. The second-order valence-electron chi connectivity index (χ2n) is 7.31. The van der Waals surface area contributed by atoms with Crippen LogP contribution in [0.4, 0.5) is 26.3 Å². The quantitative estimate of drug-likeness (QED) is 0.301. The second-order valence-corrected chi connectivity index (χ2v) is 8.39. The Morgan fingerprint density at radius 2 is 1.88 bits per heavy atom. The largest absolute Gasteiger partial charge is 0.573 e. The third kappa shape index (κ3) is 8.84. The number of alkyl halides is 6. The predicted molar refractivity (Wildman–Crippen MR) is 112 cm³/mol. The maximum absolute atomic E-state index is 13.4. The molecule has 0 bridgehead atoms. The van der Waals surface area contributed by atoms with Crippen LogP contribution in [0.5, 0.6) is 5.75 Å². The van der Waals surface area contributed by atoms with Crippen molar-refractivity contribution in [2.75, 3.05) is 13.1 Å². The highest BCUT2D eigenvalue weighted by Gasteiger charge is 2.39. The van der Waals surface area contributed by atoms with Gasteiger partial charge in [-0.1, -0.05) is 31.9 Å². The number of carbonyl (C=O) groups is 1. The van der Waals surface area contributed by atoms with Crippen LogP contribution in [0.25, 0.3) is 0 Å². The van der Waals surface area contributed by atoms with Crippen molar-refractivity contribution in [2.24, 2.45) is 0 Å². The molecule has 0 aliphatic rings. The van der Waals surface area contributed by atoms with Crippen molar-refractivity contribution in [3.05, 3.63) is 45.4 Å². The minimum atomic E-state index is -4.89. The van der Waals surface area contributed by atoms with Crippen molar-refractivity contribution < 1.29 is 35.9 Å². The average molecular weight is 498 g/mol. The van der Waals surface area contributed by atoms with Gasteiger partial charge in [0.2, 0.25) is 0 Å². The highest BCUT2D eigenvalue weighted by molar-refractivity contribution is 7.13. The molecule has 33 heavy (non-hydrogen) atoms. The van der Waals surface area contributed by atoms with Gasteiger partial charge in [0.25, 0.3) is 5.91 Å². The first-order valence-corrected chi connectivity index (χ1v) is 11.2. The van der Waals surface area contributed by atoms with Crippen LogP contribution in [0.3, 0.4) is 0 Å². The summed E-state index contributed by atoms with van der Waals surface area (Å²) in [6.45, 7) is 4.68. The van der Waals surface area contributed by atoms with Crippen molar-refractivity contribution in [1.82, 2.24) is 15.6 Å². The molecule has 2 rings (SSSR count). The Morgan fingerprint density at radius 1 is 1.15 bits per heavy atom. The molecular formula is C21H25F6N3O2S. The summed E-state index contributed by atoms with van der Waals surface area (Å²) in [5, 5.41) is 5.70. The van der Waals surface area contributed by atoms with Crippen LogP contribution < -0.4 is 15.4 Å². The standard InChI is InChI=1S/C21H25F6N3O2S/c1-3-4-5-10-28-11-9-16-30-18(20(22,23)24)17(33-16)19(31)29-13(2)14-7-6-8-15(12-14)32-21(25,26)27/h6-8,12-13,28H,3-5,9-11H2,1-2H3,(H,29,31). The lowest BCUT2D eigenvalue weighted by atomic mass is 10.1. The van der Waals surface area contributed by atoms with Crippen LogP contribution in [0, 0.1) is 0 Å². The summed E-state index contributed by atoms with van der Waals surface area (Å²) < 4.78 is 81.4. The number of unbranched alkanes of at least 4 members (excludes halogenated alkanes) is 2. The van der Waals surface area contributed by atoms with Crippen molar-refractivity contribution in [3.8, 4) is 5.75 Å². The zero-order valence-corrected chi connectivity index (χ0v) is 18.9. The van der Waals surface area contributed by atoms with Gasteiger partial charge in [-0.2, -0.15) is 13.2 Å². The van der Waals surface area contributed by atoms with E-state index in [1.54, 1.807) is 0 Å². The Balaban J connectivity index is 2.09. The van der Waals surface area contributed by atoms with E-state index in [0.29, 0.717) is 17.9 Å². The molecule has 1 heterocycles. The molecule has 0 saturated carbocycles. The Kier molecular flexibility index (Phi) is 9.53. The van der Waals surface area contributed by atoms with E-state index in [1.165, 1.54) is 19.1 Å². The number of thiazole rings is 1. The van der Waals surface area contributed by atoms with E-state index in [1.807, 2.05) is 0 Å². The summed E-state index contributed by atoms with van der Waals surface area (Å²) in [7, 11) is 0. The Bertz CT molecular complexity index is 914. The highest BCUT2D eigenvalue weighted by atomic mass is 32.1. The predicted octanol–water partition coefficient (Wildman–Crippen LogP) is 5.87. The number of halogens is 6. The molecule has 5 nitrogen and oxygen atoms in total. The number of amides is 1. The highest BCUT2D eigenvalue weighted by Crippen LogP contribution is 2.35. The van der Waals surface area contributed by atoms with Crippen LogP contribution in [0.1, 0.15) is 65.1 Å². The average Bonchev–Trinajstić information content (AvgIpc) is 3.14. The maximum Gasteiger partial charge on any atom is 0.573 e. The minimum Gasteiger partial charge on any atom is -0.406 e. The third-order valence-corrected chi connectivity index (χ3v) is 5.67. The van der Waals surface area contributed by atoms with Gasteiger partial charge >= 0.3 is 12.5 Å². The van der Waals surface area contributed by atoms with Crippen LogP contribution in [-0.2, 0) is 12.6 Å². The zero-order valence-electron chi connectivity index (χ0n) is 18.1. The van der Waals surface area contributed by atoms with E-state index in [0.717, 1.165) is 37.9 Å². The molecule has 184 valence electrons. The molecule has 1 unspecified atom stereocenters. The molecule has 0 radical (unpaired) electrons. The van der Waals surface area contributed by atoms with Gasteiger partial charge in [0.1, 0.15) is 10.6 Å². The minimum absolute atomic E-state index is 0.170. The van der Waals surface area contributed by atoms with E-state index >= 15 is 0 Å². The summed E-state index contributed by atoms with van der Waals surface area (Å²) in [5.41, 5.74) is -1.04. The Morgan fingerprint density at radius 3 is 2.52 bits per heavy atom. The molecule has 0 saturated heterocycles. The molecule has 0 spiro atoms. The number of hydrogen-bond acceptors (Lipinski definition) is 5. The van der Waals surface area contributed by atoms with Crippen LogP contribution in [0.2, 0.25) is 0 Å². The van der Waals surface area contributed by atoms with Gasteiger partial charge in [-0.25, -0.2) is 4.98 Å². The number of carbonyl (C=O) groups excluding carboxylic acids is 1. The zero-order chi connectivity index (χ0) is 24.6. The molecule has 0 fully saturated rings. The molecule has 2 aromatic rings. The van der Waals surface area contributed by atoms with E-state index in [9.17, 15) is 31.1 Å². The number of nitrogens with zero attached hydrogens (tertiary/aromatic N) is 1. The van der Waals surface area contributed by atoms with Gasteiger partial charge in [0.05, 0.1) is 11.0 Å². The summed E-state index contributed by atoms with van der Waals surface area (Å²) >= 11 is 0.654. The van der Waals surface area contributed by atoms with Gasteiger partial charge in [-0.15, -0.1) is 24.5 Å². The molecule has 1 aromatic carbocycles. The molecule has 2 N–H and O–H groups in total. The summed E-state index contributed by atoms with van der Waals surface area (Å²) in [6.07, 6.45) is -6.41. The fraction of sp³-hybridized carbons (Fsp3) is 0.524. The van der Waals surface area contributed by atoms with Crippen molar-refractivity contribution in [2.45, 2.75) is 58.1 Å². The first kappa shape index (κ1) is 26.9. The van der Waals surface area contributed by atoms with E-state index in [4.69, 9.17) is 0 Å². The lowest BCUT2D eigenvalue weighted by Gasteiger charge is -2.16. The van der Waals surface area contributed by atoms with Crippen molar-refractivity contribution in [1.29, 1.82) is 0 Å². The third-order valence-electron chi connectivity index (χ3n) is 4.56. The van der Waals surface area contributed by atoms with Gasteiger partial charge in [0.15, 0.2) is 5.69 Å². The SMILES string of the molecule is CCCCCNCCc1nc(C(F)(F)F)c(C(=O)NC(C)c2cccc(OC(F)(F)F)c2)s1. The number of aromatic nitrogens is 1. The number of nitrogens with one attached hydrogen (secondary N) is 2. The fourth-order valence-electron chi connectivity index (χ4n) is 2.96. The van der Waals surface area contributed by atoms with Gasteiger partial charge in [-0.3, -0.25) is 4.79 Å². The first-order chi connectivity index (χ1) is 15.4. The Hall–Kier alpha value is -2.34. The number of hydrogen-bond donors (Lipinski definition) is 2. The maximum atomic E-state index is 13.4. The summed E-state index contributed by atoms with van der Waals surface area (Å²) in [6, 6.07) is 3.99. The molecular weight excluding hydrogens is 472 g/mol. The molecule has 0 aliphatic carbocycles. The van der Waals surface area contributed by atoms with Gasteiger partial charge in [-0.05, 0) is 37.6 Å². The smallest absolute Gasteiger partial charge is 0.406 e. The van der Waals surface area contributed by atoms with Crippen molar-refractivity contribution >= 4 is 17.2 Å². The van der Waals surface area contributed by atoms with E-state index in [-0.39, 0.29) is 17.0 Å². The van der Waals surface area contributed by atoms with Gasteiger partial charge in [0, 0.05) is 13.0 Å². The Labute approximate surface area is 191 Å². The van der Waals surface area contributed by atoms with E-state index < -0.39 is 40.8 Å². The topological polar surface area (TPSA) is 63.2 Å². The number of ether oxygens (including phenoxy) is 1. The van der Waals surface area contributed by atoms with Crippen LogP contribution in [-0.4, -0.2) is 30.3 Å². The van der Waals surface area contributed by atoms with Crippen LogP contribution in [0.15, 0.2) is 24.3 Å². The monoisotopic (exact) mass is 497 g/mol. The molecule has 0 aliphatic heterocycles. The normalized spacial score (nSPS) is 13.1. The number of benzene rings is 1. The van der Waals surface area contributed by atoms with Crippen LogP contribution >= 0.6 is 11.3 Å².